The van der Waals surface area contributed by atoms with Crippen molar-refractivity contribution in [2.45, 2.75) is 26.4 Å². The van der Waals surface area contributed by atoms with Crippen molar-refractivity contribution >= 4 is 11.5 Å². The van der Waals surface area contributed by atoms with Gasteiger partial charge in [0.1, 0.15) is 5.75 Å². The summed E-state index contributed by atoms with van der Waals surface area (Å²) in [6.07, 6.45) is 0.361. The first-order valence-electron chi connectivity index (χ1n) is 6.69. The number of ether oxygens (including phenoxy) is 1. The van der Waals surface area contributed by atoms with E-state index in [1.54, 1.807) is 6.07 Å². The van der Waals surface area contributed by atoms with Crippen molar-refractivity contribution in [3.63, 3.8) is 0 Å². The summed E-state index contributed by atoms with van der Waals surface area (Å²) < 4.78 is 5.68. The average Bonchev–Trinajstić information content (AvgIpc) is 2.38. The number of nitrogen functional groups attached to an aromatic ring is 1. The highest BCUT2D eigenvalue weighted by atomic mass is 16.5. The van der Waals surface area contributed by atoms with Crippen LogP contribution in [0.4, 0.5) is 5.69 Å². The van der Waals surface area contributed by atoms with Crippen molar-refractivity contribution in [2.24, 2.45) is 0 Å². The highest BCUT2D eigenvalue weighted by molar-refractivity contribution is 6.00. The quantitative estimate of drug-likeness (QED) is 0.668. The summed E-state index contributed by atoms with van der Waals surface area (Å²) in [5.74, 6) is 0.670. The largest absolute Gasteiger partial charge is 0.490 e. The van der Waals surface area contributed by atoms with Crippen LogP contribution in [0.3, 0.4) is 0 Å². The minimum atomic E-state index is 0.0341. The van der Waals surface area contributed by atoms with Gasteiger partial charge in [-0.3, -0.25) is 4.79 Å². The maximum absolute atomic E-state index is 12.4. The number of Topliss-reactive ketones (excluding diaryl/α,β-unsaturated/α-hetero) is 1. The van der Waals surface area contributed by atoms with Crippen LogP contribution in [0.25, 0.3) is 0 Å². The Balaban J connectivity index is 2.21. The molecule has 0 saturated carbocycles. The monoisotopic (exact) mass is 269 g/mol. The van der Waals surface area contributed by atoms with E-state index in [9.17, 15) is 4.79 Å². The molecule has 0 fully saturated rings. The van der Waals surface area contributed by atoms with Gasteiger partial charge in [-0.2, -0.15) is 0 Å². The van der Waals surface area contributed by atoms with Gasteiger partial charge in [0, 0.05) is 12.1 Å². The number of nitrogens with two attached hydrogens (primary N) is 1. The Morgan fingerprint density at radius 2 is 1.90 bits per heavy atom. The van der Waals surface area contributed by atoms with Crippen molar-refractivity contribution in [1.82, 2.24) is 0 Å². The summed E-state index contributed by atoms with van der Waals surface area (Å²) in [6, 6.07) is 14.7. The second-order valence-electron chi connectivity index (χ2n) is 5.01. The van der Waals surface area contributed by atoms with E-state index in [0.717, 1.165) is 5.56 Å². The Morgan fingerprint density at radius 1 is 1.15 bits per heavy atom. The van der Waals surface area contributed by atoms with E-state index >= 15 is 0 Å². The molecule has 0 aliphatic carbocycles. The van der Waals surface area contributed by atoms with Crippen LogP contribution in [0, 0.1) is 0 Å². The van der Waals surface area contributed by atoms with Gasteiger partial charge in [0.2, 0.25) is 0 Å². The van der Waals surface area contributed by atoms with Crippen LogP contribution in [-0.4, -0.2) is 11.9 Å². The molecule has 0 aliphatic heterocycles. The third kappa shape index (κ3) is 3.60. The number of carbonyl (C=O) groups excluding carboxylic acids is 1. The third-order valence-corrected chi connectivity index (χ3v) is 2.87. The fourth-order valence-electron chi connectivity index (χ4n) is 2.04. The molecule has 2 N–H and O–H groups in total. The summed E-state index contributed by atoms with van der Waals surface area (Å²) in [6.45, 7) is 3.89. The smallest absolute Gasteiger partial charge is 0.170 e. The Kier molecular flexibility index (Phi) is 4.41. The van der Waals surface area contributed by atoms with E-state index in [2.05, 4.69) is 0 Å². The highest BCUT2D eigenvalue weighted by Crippen LogP contribution is 2.21. The molecule has 3 heteroatoms. The van der Waals surface area contributed by atoms with Crippen LogP contribution in [0.15, 0.2) is 48.5 Å². The van der Waals surface area contributed by atoms with E-state index in [0.29, 0.717) is 23.4 Å². The van der Waals surface area contributed by atoms with E-state index < -0.39 is 0 Å². The predicted molar refractivity (Wildman–Crippen MR) is 81.1 cm³/mol. The van der Waals surface area contributed by atoms with Crippen LogP contribution >= 0.6 is 0 Å². The molecule has 0 radical (unpaired) electrons. The molecule has 3 nitrogen and oxygen atoms in total. The van der Waals surface area contributed by atoms with Gasteiger partial charge in [0.25, 0.3) is 0 Å². The number of hydrogen-bond donors (Lipinski definition) is 1. The second-order valence-corrected chi connectivity index (χ2v) is 5.01. The first kappa shape index (κ1) is 14.1. The van der Waals surface area contributed by atoms with Gasteiger partial charge in [0.05, 0.1) is 11.7 Å². The average molecular weight is 269 g/mol. The fourth-order valence-corrected chi connectivity index (χ4v) is 2.04. The summed E-state index contributed by atoms with van der Waals surface area (Å²) in [5, 5.41) is 0. The molecule has 0 bridgehead atoms. The number of carbonyl (C=O) groups is 1. The van der Waals surface area contributed by atoms with Gasteiger partial charge in [-0.15, -0.1) is 0 Å². The molecule has 0 aromatic heterocycles. The highest BCUT2D eigenvalue weighted by Gasteiger charge is 2.13. The molecule has 2 aromatic rings. The first-order chi connectivity index (χ1) is 9.56. The van der Waals surface area contributed by atoms with Gasteiger partial charge in [-0.05, 0) is 43.7 Å². The normalized spacial score (nSPS) is 10.6. The summed E-state index contributed by atoms with van der Waals surface area (Å²) >= 11 is 0. The van der Waals surface area contributed by atoms with Gasteiger partial charge in [0.15, 0.2) is 5.78 Å². The number of anilines is 1. The first-order valence-corrected chi connectivity index (χ1v) is 6.69. The van der Waals surface area contributed by atoms with Gasteiger partial charge < -0.3 is 10.5 Å². The minimum absolute atomic E-state index is 0.0341. The SMILES string of the molecule is CC(C)Oc1ccccc1C(=O)Cc1cccc(N)c1. The second kappa shape index (κ2) is 6.24. The topological polar surface area (TPSA) is 52.3 Å². The van der Waals surface area contributed by atoms with Crippen molar-refractivity contribution in [2.75, 3.05) is 5.73 Å². The lowest BCUT2D eigenvalue weighted by Crippen LogP contribution is -2.11. The fraction of sp³-hybridized carbons (Fsp3) is 0.235. The molecule has 2 rings (SSSR count). The van der Waals surface area contributed by atoms with Crippen LogP contribution in [0.5, 0.6) is 5.75 Å². The zero-order chi connectivity index (χ0) is 14.5. The van der Waals surface area contributed by atoms with Crippen LogP contribution in [0.1, 0.15) is 29.8 Å². The molecule has 0 amide bonds. The van der Waals surface area contributed by atoms with Crippen LogP contribution in [0.2, 0.25) is 0 Å². The molecule has 0 heterocycles. The molecule has 2 aromatic carbocycles. The molecule has 0 aliphatic rings. The molecule has 104 valence electrons. The summed E-state index contributed by atoms with van der Waals surface area (Å²) in [7, 11) is 0. The maximum Gasteiger partial charge on any atom is 0.170 e. The standard InChI is InChI=1S/C17H19NO2/c1-12(2)20-17-9-4-3-8-15(17)16(19)11-13-6-5-7-14(18)10-13/h3-10,12H,11,18H2,1-2H3. The molecular weight excluding hydrogens is 250 g/mol. The van der Waals surface area contributed by atoms with Gasteiger partial charge in [-0.1, -0.05) is 24.3 Å². The zero-order valence-corrected chi connectivity index (χ0v) is 11.8. The van der Waals surface area contributed by atoms with Crippen molar-refractivity contribution in [1.29, 1.82) is 0 Å². The van der Waals surface area contributed by atoms with Crippen molar-refractivity contribution in [3.8, 4) is 5.75 Å². The lowest BCUT2D eigenvalue weighted by Gasteiger charge is -2.13. The van der Waals surface area contributed by atoms with Crippen LogP contribution in [-0.2, 0) is 6.42 Å². The van der Waals surface area contributed by atoms with E-state index in [4.69, 9.17) is 10.5 Å². The van der Waals surface area contributed by atoms with E-state index in [1.807, 2.05) is 56.3 Å². The Bertz CT molecular complexity index is 605. The summed E-state index contributed by atoms with van der Waals surface area (Å²) in [5.41, 5.74) is 7.93. The Morgan fingerprint density at radius 3 is 2.60 bits per heavy atom. The molecule has 0 unspecified atom stereocenters. The van der Waals surface area contributed by atoms with Gasteiger partial charge in [-0.25, -0.2) is 0 Å². The predicted octanol–water partition coefficient (Wildman–Crippen LogP) is 3.48. The van der Waals surface area contributed by atoms with Crippen LogP contribution < -0.4 is 10.5 Å². The number of hydrogen-bond acceptors (Lipinski definition) is 3. The van der Waals surface area contributed by atoms with Gasteiger partial charge >= 0.3 is 0 Å². The summed E-state index contributed by atoms with van der Waals surface area (Å²) in [4.78, 5) is 12.4. The number of rotatable bonds is 5. The number of benzene rings is 2. The van der Waals surface area contributed by atoms with Crippen molar-refractivity contribution < 1.29 is 9.53 Å². The Labute approximate surface area is 119 Å². The molecular formula is C17H19NO2. The van der Waals surface area contributed by atoms with Crippen molar-refractivity contribution in [3.05, 3.63) is 59.7 Å². The lowest BCUT2D eigenvalue weighted by molar-refractivity contribution is 0.0987. The third-order valence-electron chi connectivity index (χ3n) is 2.87. The zero-order valence-electron chi connectivity index (χ0n) is 11.8. The molecule has 0 spiro atoms. The molecule has 0 saturated heterocycles. The minimum Gasteiger partial charge on any atom is -0.490 e. The number of ketones is 1. The maximum atomic E-state index is 12.4. The Hall–Kier alpha value is -2.29. The molecule has 20 heavy (non-hydrogen) atoms. The van der Waals surface area contributed by atoms with E-state index in [-0.39, 0.29) is 11.9 Å². The molecule has 0 atom stereocenters. The van der Waals surface area contributed by atoms with E-state index in [1.165, 1.54) is 0 Å². The lowest BCUT2D eigenvalue weighted by atomic mass is 10.0. The number of para-hydroxylation sites is 1.